The number of nitrogens with zero attached hydrogens (tertiary/aromatic N) is 2. The van der Waals surface area contributed by atoms with E-state index in [1.165, 1.54) is 4.31 Å². The highest BCUT2D eigenvalue weighted by molar-refractivity contribution is 7.89. The van der Waals surface area contributed by atoms with Gasteiger partial charge in [-0.05, 0) is 6.92 Å². The summed E-state index contributed by atoms with van der Waals surface area (Å²) in [7, 11) is -3.63. The Kier molecular flexibility index (Phi) is 3.48. The minimum absolute atomic E-state index is 0.0839. The second kappa shape index (κ2) is 4.73. The molecule has 0 unspecified atom stereocenters. The van der Waals surface area contributed by atoms with Gasteiger partial charge in [-0.2, -0.15) is 9.40 Å². The molecule has 1 aliphatic heterocycles. The maximum atomic E-state index is 12.3. The number of ether oxygens (including phenoxy) is 1. The molecule has 1 aliphatic rings. The number of H-pyrrole nitrogens is 1. The van der Waals surface area contributed by atoms with Crippen molar-refractivity contribution in [3.8, 4) is 0 Å². The van der Waals surface area contributed by atoms with Crippen LogP contribution in [0.1, 0.15) is 11.3 Å². The van der Waals surface area contributed by atoms with Crippen LogP contribution < -0.4 is 0 Å². The molecule has 96 valence electrons. The third-order valence-electron chi connectivity index (χ3n) is 2.75. The highest BCUT2D eigenvalue weighted by atomic mass is 32.2. The zero-order valence-electron chi connectivity index (χ0n) is 9.51. The Bertz CT molecular complexity index is 490. The lowest BCUT2D eigenvalue weighted by molar-refractivity contribution is 0.0728. The number of aromatic nitrogens is 2. The zero-order chi connectivity index (χ0) is 12.5. The molecular weight excluding hydrogens is 246 g/mol. The van der Waals surface area contributed by atoms with Gasteiger partial charge < -0.3 is 9.84 Å². The van der Waals surface area contributed by atoms with E-state index in [0.29, 0.717) is 37.6 Å². The van der Waals surface area contributed by atoms with E-state index in [1.807, 2.05) is 0 Å². The van der Waals surface area contributed by atoms with E-state index in [0.717, 1.165) is 0 Å². The van der Waals surface area contributed by atoms with Gasteiger partial charge in [-0.15, -0.1) is 0 Å². The molecule has 1 fully saturated rings. The Labute approximate surface area is 99.4 Å². The van der Waals surface area contributed by atoms with Crippen molar-refractivity contribution in [3.63, 3.8) is 0 Å². The number of morpholine rings is 1. The molecule has 2 N–H and O–H groups in total. The second-order valence-electron chi connectivity index (χ2n) is 3.81. The Hall–Kier alpha value is -0.960. The molecule has 1 aromatic heterocycles. The lowest BCUT2D eigenvalue weighted by Crippen LogP contribution is -2.41. The highest BCUT2D eigenvalue weighted by Crippen LogP contribution is 2.21. The normalized spacial score (nSPS) is 18.5. The van der Waals surface area contributed by atoms with Crippen molar-refractivity contribution in [2.45, 2.75) is 18.6 Å². The zero-order valence-corrected chi connectivity index (χ0v) is 10.3. The fourth-order valence-corrected chi connectivity index (χ4v) is 3.30. The molecule has 2 heterocycles. The molecule has 0 atom stereocenters. The first-order chi connectivity index (χ1) is 8.07. The van der Waals surface area contributed by atoms with Crippen molar-refractivity contribution in [1.82, 2.24) is 14.5 Å². The van der Waals surface area contributed by atoms with Gasteiger partial charge in [-0.25, -0.2) is 8.42 Å². The van der Waals surface area contributed by atoms with E-state index in [4.69, 9.17) is 4.74 Å². The van der Waals surface area contributed by atoms with Crippen LogP contribution in [0, 0.1) is 6.92 Å². The Morgan fingerprint density at radius 1 is 1.47 bits per heavy atom. The van der Waals surface area contributed by atoms with Crippen molar-refractivity contribution in [1.29, 1.82) is 0 Å². The summed E-state index contributed by atoms with van der Waals surface area (Å²) in [6, 6.07) is 0. The van der Waals surface area contributed by atoms with Gasteiger partial charge in [0.15, 0.2) is 5.03 Å². The third-order valence-corrected chi connectivity index (χ3v) is 4.62. The summed E-state index contributed by atoms with van der Waals surface area (Å²) in [6.45, 7) is 2.74. The number of aryl methyl sites for hydroxylation is 1. The summed E-state index contributed by atoms with van der Waals surface area (Å²) >= 11 is 0. The number of hydrogen-bond donors (Lipinski definition) is 2. The van der Waals surface area contributed by atoms with E-state index < -0.39 is 10.0 Å². The first-order valence-electron chi connectivity index (χ1n) is 5.30. The number of hydrogen-bond acceptors (Lipinski definition) is 5. The topological polar surface area (TPSA) is 95.5 Å². The van der Waals surface area contributed by atoms with Gasteiger partial charge in [-0.3, -0.25) is 5.10 Å². The average Bonchev–Trinajstić information content (AvgIpc) is 2.72. The number of aliphatic hydroxyl groups excluding tert-OH is 1. The molecule has 1 aromatic rings. The van der Waals surface area contributed by atoms with Crippen LogP contribution in [0.5, 0.6) is 0 Å². The van der Waals surface area contributed by atoms with Crippen LogP contribution in [-0.2, 0) is 21.4 Å². The SMILES string of the molecule is Cc1[nH]nc(S(=O)(=O)N2CCOCC2)c1CO. The summed E-state index contributed by atoms with van der Waals surface area (Å²) < 4.78 is 30.9. The number of aliphatic hydroxyl groups is 1. The molecule has 0 aliphatic carbocycles. The van der Waals surface area contributed by atoms with Crippen LogP contribution in [0.3, 0.4) is 0 Å². The Morgan fingerprint density at radius 3 is 2.71 bits per heavy atom. The number of sulfonamides is 1. The largest absolute Gasteiger partial charge is 0.392 e. The Balaban J connectivity index is 2.36. The minimum Gasteiger partial charge on any atom is -0.392 e. The van der Waals surface area contributed by atoms with E-state index in [1.54, 1.807) is 6.92 Å². The molecule has 0 aromatic carbocycles. The van der Waals surface area contributed by atoms with Gasteiger partial charge >= 0.3 is 0 Å². The van der Waals surface area contributed by atoms with Crippen LogP contribution >= 0.6 is 0 Å². The van der Waals surface area contributed by atoms with Crippen LogP contribution in [0.2, 0.25) is 0 Å². The lowest BCUT2D eigenvalue weighted by Gasteiger charge is -2.25. The lowest BCUT2D eigenvalue weighted by atomic mass is 10.3. The number of aromatic amines is 1. The molecule has 2 rings (SSSR count). The van der Waals surface area contributed by atoms with E-state index in [2.05, 4.69) is 10.2 Å². The predicted molar refractivity (Wildman–Crippen MR) is 58.8 cm³/mol. The molecule has 0 amide bonds. The van der Waals surface area contributed by atoms with Crippen molar-refractivity contribution < 1.29 is 18.3 Å². The maximum absolute atomic E-state index is 12.3. The molecular formula is C9H15N3O4S. The summed E-state index contributed by atoms with van der Waals surface area (Å²) in [4.78, 5) is 0. The third kappa shape index (κ3) is 2.21. The molecule has 1 saturated heterocycles. The molecule has 0 saturated carbocycles. The average molecular weight is 261 g/mol. The van der Waals surface area contributed by atoms with Gasteiger partial charge in [0.25, 0.3) is 10.0 Å². The fraction of sp³-hybridized carbons (Fsp3) is 0.667. The Morgan fingerprint density at radius 2 is 2.12 bits per heavy atom. The predicted octanol–water partition coefficient (Wildman–Crippen LogP) is -0.769. The minimum atomic E-state index is -3.63. The monoisotopic (exact) mass is 261 g/mol. The van der Waals surface area contributed by atoms with Gasteiger partial charge in [-0.1, -0.05) is 0 Å². The molecule has 8 heteroatoms. The van der Waals surface area contributed by atoms with Crippen LogP contribution in [-0.4, -0.2) is 54.3 Å². The molecule has 0 spiro atoms. The van der Waals surface area contributed by atoms with Crippen LogP contribution in [0.15, 0.2) is 5.03 Å². The number of nitrogens with one attached hydrogen (secondary N) is 1. The van der Waals surface area contributed by atoms with Crippen LogP contribution in [0.25, 0.3) is 0 Å². The van der Waals surface area contributed by atoms with E-state index >= 15 is 0 Å². The maximum Gasteiger partial charge on any atom is 0.262 e. The van der Waals surface area contributed by atoms with E-state index in [-0.39, 0.29) is 11.6 Å². The van der Waals surface area contributed by atoms with Gasteiger partial charge in [0.2, 0.25) is 0 Å². The number of rotatable bonds is 3. The summed E-state index contributed by atoms with van der Waals surface area (Å²) in [5, 5.41) is 15.5. The molecule has 17 heavy (non-hydrogen) atoms. The first kappa shape index (κ1) is 12.5. The smallest absolute Gasteiger partial charge is 0.262 e. The van der Waals surface area contributed by atoms with Gasteiger partial charge in [0.05, 0.1) is 19.8 Å². The first-order valence-corrected chi connectivity index (χ1v) is 6.74. The van der Waals surface area contributed by atoms with Crippen molar-refractivity contribution in [2.24, 2.45) is 0 Å². The molecule has 0 bridgehead atoms. The van der Waals surface area contributed by atoms with Crippen LogP contribution in [0.4, 0.5) is 0 Å². The van der Waals surface area contributed by atoms with Gasteiger partial charge in [0.1, 0.15) is 0 Å². The molecule has 7 nitrogen and oxygen atoms in total. The van der Waals surface area contributed by atoms with Crippen molar-refractivity contribution in [3.05, 3.63) is 11.3 Å². The van der Waals surface area contributed by atoms with Crippen molar-refractivity contribution >= 4 is 10.0 Å². The van der Waals surface area contributed by atoms with E-state index in [9.17, 15) is 13.5 Å². The van der Waals surface area contributed by atoms with Gasteiger partial charge in [0, 0.05) is 24.3 Å². The summed E-state index contributed by atoms with van der Waals surface area (Å²) in [5.74, 6) is 0. The standard InChI is InChI=1S/C9H15N3O4S/c1-7-8(6-13)9(11-10-7)17(14,15)12-2-4-16-5-3-12/h13H,2-6H2,1H3,(H,10,11). The summed E-state index contributed by atoms with van der Waals surface area (Å²) in [6.07, 6.45) is 0. The quantitative estimate of drug-likeness (QED) is 0.745. The van der Waals surface area contributed by atoms with Crippen molar-refractivity contribution in [2.75, 3.05) is 26.3 Å². The fourth-order valence-electron chi connectivity index (χ4n) is 1.74. The summed E-state index contributed by atoms with van der Waals surface area (Å²) in [5.41, 5.74) is 0.899. The molecule has 0 radical (unpaired) electrons. The highest BCUT2D eigenvalue weighted by Gasteiger charge is 2.31. The second-order valence-corrected chi connectivity index (χ2v) is 5.66.